The van der Waals surface area contributed by atoms with Crippen LogP contribution in [0.15, 0.2) is 12.2 Å². The molecule has 0 fully saturated rings. The van der Waals surface area contributed by atoms with Crippen molar-refractivity contribution in [2.45, 2.75) is 6.92 Å². The van der Waals surface area contributed by atoms with Crippen LogP contribution in [0, 0.1) is 0 Å². The monoisotopic (exact) mass is 158 g/mol. The van der Waals surface area contributed by atoms with Gasteiger partial charge in [0, 0.05) is 5.57 Å². The standard InChI is InChI=1S/C4H6O4S.Li.H/c1-3(2)4(5)9(6,7)8;;/h1H2,2H3,(H,6,7,8);;. The first-order chi connectivity index (χ1) is 3.85. The molecule has 0 aromatic rings. The minimum atomic E-state index is -4.54. The number of carbonyl (C=O) groups is 1. The van der Waals surface area contributed by atoms with Gasteiger partial charge in [0.2, 0.25) is 0 Å². The Kier molecular flexibility index (Phi) is 4.95. The van der Waals surface area contributed by atoms with Crippen LogP contribution in [0.25, 0.3) is 0 Å². The molecule has 0 bridgehead atoms. The summed E-state index contributed by atoms with van der Waals surface area (Å²) in [6.07, 6.45) is 0. The van der Waals surface area contributed by atoms with Crippen LogP contribution in [0.1, 0.15) is 6.92 Å². The van der Waals surface area contributed by atoms with Crippen molar-refractivity contribution in [3.05, 3.63) is 12.2 Å². The SMILES string of the molecule is C=C(C)C(=O)S(=O)(=O)O.[LiH]. The zero-order valence-corrected chi connectivity index (χ0v) is 5.60. The summed E-state index contributed by atoms with van der Waals surface area (Å²) in [6, 6.07) is 0. The normalized spacial score (nSPS) is 9.80. The fourth-order valence-corrected chi connectivity index (χ4v) is 0.661. The molecular weight excluding hydrogens is 151 g/mol. The molecule has 1 N–H and O–H groups in total. The first-order valence-electron chi connectivity index (χ1n) is 2.03. The molecule has 0 saturated carbocycles. The van der Waals surface area contributed by atoms with E-state index in [1.54, 1.807) is 0 Å². The molecule has 0 aliphatic carbocycles. The van der Waals surface area contributed by atoms with Crippen LogP contribution in [-0.4, -0.2) is 36.9 Å². The van der Waals surface area contributed by atoms with Gasteiger partial charge in [-0.25, -0.2) is 0 Å². The van der Waals surface area contributed by atoms with E-state index in [4.69, 9.17) is 4.55 Å². The second kappa shape index (κ2) is 3.94. The quantitative estimate of drug-likeness (QED) is 0.312. The van der Waals surface area contributed by atoms with E-state index < -0.39 is 15.2 Å². The van der Waals surface area contributed by atoms with Crippen LogP contribution in [0.2, 0.25) is 0 Å². The van der Waals surface area contributed by atoms with Gasteiger partial charge >= 0.3 is 29.0 Å². The summed E-state index contributed by atoms with van der Waals surface area (Å²) < 4.78 is 27.9. The van der Waals surface area contributed by atoms with Gasteiger partial charge in [-0.05, 0) is 6.92 Å². The molecule has 0 spiro atoms. The molecule has 0 rings (SSSR count). The average molecular weight is 158 g/mol. The zero-order valence-electron chi connectivity index (χ0n) is 4.79. The average Bonchev–Trinajstić information content (AvgIpc) is 1.62. The van der Waals surface area contributed by atoms with Crippen molar-refractivity contribution in [3.63, 3.8) is 0 Å². The van der Waals surface area contributed by atoms with Crippen molar-refractivity contribution < 1.29 is 17.8 Å². The molecule has 0 aliphatic heterocycles. The Hall–Kier alpha value is -0.0826. The van der Waals surface area contributed by atoms with E-state index in [9.17, 15) is 13.2 Å². The molecule has 0 unspecified atom stereocenters. The Bertz CT molecular complexity index is 240. The van der Waals surface area contributed by atoms with E-state index in [2.05, 4.69) is 6.58 Å². The van der Waals surface area contributed by atoms with Crippen molar-refractivity contribution in [1.29, 1.82) is 0 Å². The molecule has 0 atom stereocenters. The van der Waals surface area contributed by atoms with Crippen LogP contribution >= 0.6 is 0 Å². The maximum absolute atomic E-state index is 10.2. The first-order valence-corrected chi connectivity index (χ1v) is 3.47. The van der Waals surface area contributed by atoms with Crippen molar-refractivity contribution in [2.75, 3.05) is 0 Å². The number of carbonyl (C=O) groups excluding carboxylic acids is 1. The minimum absolute atomic E-state index is 0. The predicted octanol–water partition coefficient (Wildman–Crippen LogP) is -0.672. The topological polar surface area (TPSA) is 71.4 Å². The first kappa shape index (κ1) is 12.6. The van der Waals surface area contributed by atoms with Crippen LogP contribution < -0.4 is 0 Å². The Morgan fingerprint density at radius 1 is 1.50 bits per heavy atom. The van der Waals surface area contributed by atoms with Crippen LogP contribution in [0.5, 0.6) is 0 Å². The van der Waals surface area contributed by atoms with E-state index in [1.807, 2.05) is 0 Å². The van der Waals surface area contributed by atoms with Gasteiger partial charge < -0.3 is 0 Å². The molecule has 0 aromatic carbocycles. The van der Waals surface area contributed by atoms with E-state index in [0.29, 0.717) is 0 Å². The fraction of sp³-hybridized carbons (Fsp3) is 0.250. The summed E-state index contributed by atoms with van der Waals surface area (Å²) in [5, 5.41) is -1.33. The van der Waals surface area contributed by atoms with Gasteiger partial charge in [-0.3, -0.25) is 9.35 Å². The third-order valence-electron chi connectivity index (χ3n) is 0.583. The number of hydrogen-bond acceptors (Lipinski definition) is 3. The van der Waals surface area contributed by atoms with Crippen molar-refractivity contribution in [2.24, 2.45) is 0 Å². The van der Waals surface area contributed by atoms with Gasteiger partial charge in [-0.15, -0.1) is 0 Å². The van der Waals surface area contributed by atoms with Crippen molar-refractivity contribution in [1.82, 2.24) is 0 Å². The Morgan fingerprint density at radius 2 is 1.80 bits per heavy atom. The van der Waals surface area contributed by atoms with Crippen LogP contribution in [0.4, 0.5) is 0 Å². The molecule has 54 valence electrons. The maximum atomic E-state index is 10.2. The van der Waals surface area contributed by atoms with Gasteiger partial charge in [0.25, 0.3) is 5.12 Å². The number of rotatable bonds is 1. The van der Waals surface area contributed by atoms with Crippen molar-refractivity contribution in [3.8, 4) is 0 Å². The molecule has 0 heterocycles. The summed E-state index contributed by atoms with van der Waals surface area (Å²) in [5.74, 6) is 0. The molecule has 0 aromatic heterocycles. The van der Waals surface area contributed by atoms with E-state index in [1.165, 1.54) is 6.92 Å². The Labute approximate surface area is 71.2 Å². The molecule has 0 radical (unpaired) electrons. The molecule has 0 aliphatic rings. The summed E-state index contributed by atoms with van der Waals surface area (Å²) in [7, 11) is -4.54. The summed E-state index contributed by atoms with van der Waals surface area (Å²) in [4.78, 5) is 10.2. The van der Waals surface area contributed by atoms with Crippen LogP contribution in [-0.2, 0) is 14.9 Å². The molecule has 10 heavy (non-hydrogen) atoms. The molecule has 6 heteroatoms. The van der Waals surface area contributed by atoms with Gasteiger partial charge in [0.1, 0.15) is 0 Å². The Balaban J connectivity index is 0. The van der Waals surface area contributed by atoms with E-state index in [0.717, 1.165) is 0 Å². The zero-order chi connectivity index (χ0) is 7.65. The van der Waals surface area contributed by atoms with Gasteiger partial charge in [-0.1, -0.05) is 6.58 Å². The number of hydrogen-bond donors (Lipinski definition) is 1. The van der Waals surface area contributed by atoms with Gasteiger partial charge in [0.15, 0.2) is 0 Å². The van der Waals surface area contributed by atoms with Crippen LogP contribution in [0.3, 0.4) is 0 Å². The molecule has 0 amide bonds. The Morgan fingerprint density at radius 3 is 1.80 bits per heavy atom. The van der Waals surface area contributed by atoms with E-state index >= 15 is 0 Å². The summed E-state index contributed by atoms with van der Waals surface area (Å²) in [5.41, 5.74) is -0.197. The second-order valence-electron chi connectivity index (χ2n) is 1.54. The molecule has 0 saturated heterocycles. The van der Waals surface area contributed by atoms with Gasteiger partial charge in [-0.2, -0.15) is 8.42 Å². The third-order valence-corrected chi connectivity index (χ3v) is 1.40. The third kappa shape index (κ3) is 3.85. The van der Waals surface area contributed by atoms with Crippen molar-refractivity contribution >= 4 is 34.1 Å². The summed E-state index contributed by atoms with van der Waals surface area (Å²) >= 11 is 0. The second-order valence-corrected chi connectivity index (χ2v) is 2.86. The molecular formula is C4H7LiO4S. The van der Waals surface area contributed by atoms with Gasteiger partial charge in [0.05, 0.1) is 0 Å². The summed E-state index contributed by atoms with van der Waals surface area (Å²) in [6.45, 7) is 4.24. The van der Waals surface area contributed by atoms with E-state index in [-0.39, 0.29) is 24.4 Å². The predicted molar refractivity (Wildman–Crippen MR) is 38.5 cm³/mol. The molecule has 4 nitrogen and oxygen atoms in total. The fourth-order valence-electron chi connectivity index (χ4n) is 0.220.